The number of hydrogen-bond donors (Lipinski definition) is 1. The van der Waals surface area contributed by atoms with Crippen LogP contribution in [0, 0.1) is 4.84 Å². The van der Waals surface area contributed by atoms with Gasteiger partial charge in [0.1, 0.15) is 0 Å². The van der Waals surface area contributed by atoms with E-state index < -0.39 is 11.7 Å². The van der Waals surface area contributed by atoms with Gasteiger partial charge in [-0.05, 0) is 42.5 Å². The fourth-order valence-electron chi connectivity index (χ4n) is 4.06. The Kier molecular flexibility index (Phi) is 7.22. The lowest BCUT2D eigenvalue weighted by molar-refractivity contribution is -0.924. The predicted octanol–water partition coefficient (Wildman–Crippen LogP) is 3.28. The summed E-state index contributed by atoms with van der Waals surface area (Å²) in [4.78, 5) is 3.37. The van der Waals surface area contributed by atoms with Crippen molar-refractivity contribution in [2.24, 2.45) is 0 Å². The maximum atomic E-state index is 13.1. The molecule has 35 heavy (non-hydrogen) atoms. The van der Waals surface area contributed by atoms with Gasteiger partial charge in [0.2, 0.25) is 11.6 Å². The van der Waals surface area contributed by atoms with Crippen LogP contribution in [0.2, 0.25) is 0 Å². The number of methoxy groups -OCH3 is 3. The molecule has 1 aliphatic heterocycles. The van der Waals surface area contributed by atoms with Crippen molar-refractivity contribution in [3.8, 4) is 28.7 Å². The molecule has 3 aromatic rings. The fraction of sp³-hybridized carbons (Fsp3) is 0.391. The van der Waals surface area contributed by atoms with E-state index in [1.54, 1.807) is 22.9 Å². The standard InChI is InChI=1S/C23H25F3N4O4S/c1-31-18-11-15(12-19(32-2)20(18)33-3)21-27-30(22(35)34-21)14-28-7-9-29(10-8-28)17-6-4-5-16(13-17)23(24,25)26/h4-6,11-13H,7-10,14H2,1-3H3/p+1. The highest BCUT2D eigenvalue weighted by atomic mass is 32.1. The summed E-state index contributed by atoms with van der Waals surface area (Å²) >= 11 is 5.38. The Balaban J connectivity index is 1.45. The van der Waals surface area contributed by atoms with Crippen LogP contribution in [0.4, 0.5) is 18.9 Å². The summed E-state index contributed by atoms with van der Waals surface area (Å²) in [5.74, 6) is 1.71. The summed E-state index contributed by atoms with van der Waals surface area (Å²) in [5, 5.41) is 4.53. The van der Waals surface area contributed by atoms with E-state index in [2.05, 4.69) is 5.10 Å². The second kappa shape index (κ2) is 10.2. The van der Waals surface area contributed by atoms with Gasteiger partial charge in [0, 0.05) is 11.3 Å². The fourth-order valence-corrected chi connectivity index (χ4v) is 4.24. The van der Waals surface area contributed by atoms with Crippen molar-refractivity contribution in [2.75, 3.05) is 52.4 Å². The van der Waals surface area contributed by atoms with Crippen LogP contribution in [0.25, 0.3) is 11.5 Å². The zero-order valence-corrected chi connectivity index (χ0v) is 20.3. The third-order valence-corrected chi connectivity index (χ3v) is 6.19. The third kappa shape index (κ3) is 5.38. The topological polar surface area (TPSA) is 66.3 Å². The molecule has 1 saturated heterocycles. The molecule has 1 aromatic heterocycles. The Hall–Kier alpha value is -3.25. The molecular formula is C23H26F3N4O4S+. The number of nitrogens with one attached hydrogen (secondary N) is 1. The largest absolute Gasteiger partial charge is 0.493 e. The number of nitrogens with zero attached hydrogens (tertiary/aromatic N) is 3. The quantitative estimate of drug-likeness (QED) is 0.489. The van der Waals surface area contributed by atoms with E-state index in [9.17, 15) is 13.2 Å². The number of hydrogen-bond acceptors (Lipinski definition) is 7. The zero-order valence-electron chi connectivity index (χ0n) is 19.5. The van der Waals surface area contributed by atoms with E-state index >= 15 is 0 Å². The molecule has 12 heteroatoms. The molecule has 1 fully saturated rings. The number of halogens is 3. The first-order chi connectivity index (χ1) is 16.7. The lowest BCUT2D eigenvalue weighted by Crippen LogP contribution is -3.14. The molecule has 0 bridgehead atoms. The van der Waals surface area contributed by atoms with Crippen LogP contribution in [0.5, 0.6) is 17.2 Å². The number of quaternary nitrogens is 1. The second-order valence-electron chi connectivity index (χ2n) is 8.03. The molecule has 0 spiro atoms. The Morgan fingerprint density at radius 2 is 1.69 bits per heavy atom. The molecule has 8 nitrogen and oxygen atoms in total. The highest BCUT2D eigenvalue weighted by molar-refractivity contribution is 7.71. The summed E-state index contributed by atoms with van der Waals surface area (Å²) < 4.78 is 62.6. The van der Waals surface area contributed by atoms with E-state index in [4.69, 9.17) is 30.8 Å². The normalized spacial score (nSPS) is 14.7. The maximum absolute atomic E-state index is 13.1. The van der Waals surface area contributed by atoms with E-state index in [1.165, 1.54) is 38.4 Å². The Morgan fingerprint density at radius 1 is 1.03 bits per heavy atom. The van der Waals surface area contributed by atoms with Crippen molar-refractivity contribution in [3.63, 3.8) is 0 Å². The van der Waals surface area contributed by atoms with Crippen LogP contribution >= 0.6 is 12.2 Å². The average molecular weight is 512 g/mol. The van der Waals surface area contributed by atoms with Crippen LogP contribution in [0.15, 0.2) is 40.8 Å². The predicted molar refractivity (Wildman–Crippen MR) is 125 cm³/mol. The van der Waals surface area contributed by atoms with E-state index in [0.717, 1.165) is 6.07 Å². The summed E-state index contributed by atoms with van der Waals surface area (Å²) in [6.45, 7) is 3.13. The number of aromatic nitrogens is 2. The van der Waals surface area contributed by atoms with Crippen LogP contribution in [-0.2, 0) is 12.8 Å². The molecule has 0 radical (unpaired) electrons. The first kappa shape index (κ1) is 24.9. The summed E-state index contributed by atoms with van der Waals surface area (Å²) in [6.07, 6.45) is -4.36. The molecule has 1 N–H and O–H groups in total. The number of piperazine rings is 1. The van der Waals surface area contributed by atoms with Gasteiger partial charge in [-0.1, -0.05) is 6.07 Å². The Labute approximate surface area is 205 Å². The van der Waals surface area contributed by atoms with Crippen LogP contribution in [-0.4, -0.2) is 57.3 Å². The first-order valence-corrected chi connectivity index (χ1v) is 11.3. The van der Waals surface area contributed by atoms with Crippen LogP contribution < -0.4 is 24.0 Å². The van der Waals surface area contributed by atoms with Gasteiger partial charge in [-0.25, -0.2) is 0 Å². The Bertz CT molecular complexity index is 1210. The Morgan fingerprint density at radius 3 is 2.26 bits per heavy atom. The van der Waals surface area contributed by atoms with Crippen LogP contribution in [0.1, 0.15) is 5.56 Å². The highest BCUT2D eigenvalue weighted by Gasteiger charge is 2.31. The van der Waals surface area contributed by atoms with Crippen molar-refractivity contribution in [3.05, 3.63) is 46.8 Å². The summed E-state index contributed by atoms with van der Waals surface area (Å²) in [5.41, 5.74) is 0.549. The number of anilines is 1. The first-order valence-electron chi connectivity index (χ1n) is 10.9. The molecular weight excluding hydrogens is 485 g/mol. The van der Waals surface area contributed by atoms with Gasteiger partial charge < -0.3 is 28.4 Å². The zero-order chi connectivity index (χ0) is 25.2. The van der Waals surface area contributed by atoms with Gasteiger partial charge in [-0.2, -0.15) is 17.9 Å². The molecule has 1 aliphatic rings. The molecule has 0 saturated carbocycles. The molecule has 4 rings (SSSR count). The van der Waals surface area contributed by atoms with E-state index in [0.29, 0.717) is 67.2 Å². The molecule has 0 unspecified atom stereocenters. The summed E-state index contributed by atoms with van der Waals surface area (Å²) in [7, 11) is 4.57. The highest BCUT2D eigenvalue weighted by Crippen LogP contribution is 2.40. The molecule has 0 amide bonds. The van der Waals surface area contributed by atoms with Gasteiger partial charge in [-0.15, -0.1) is 5.10 Å². The minimum Gasteiger partial charge on any atom is -0.493 e. The monoisotopic (exact) mass is 511 g/mol. The molecule has 0 aliphatic carbocycles. The molecule has 2 heterocycles. The van der Waals surface area contributed by atoms with Crippen molar-refractivity contribution in [2.45, 2.75) is 12.8 Å². The van der Waals surface area contributed by atoms with Gasteiger partial charge in [0.25, 0.3) is 4.84 Å². The van der Waals surface area contributed by atoms with E-state index in [1.807, 2.05) is 4.90 Å². The smallest absolute Gasteiger partial charge is 0.416 e. The van der Waals surface area contributed by atoms with E-state index in [-0.39, 0.29) is 4.84 Å². The van der Waals surface area contributed by atoms with Crippen molar-refractivity contribution in [1.29, 1.82) is 0 Å². The lowest BCUT2D eigenvalue weighted by Gasteiger charge is -2.33. The van der Waals surface area contributed by atoms with Crippen molar-refractivity contribution < 1.29 is 36.7 Å². The lowest BCUT2D eigenvalue weighted by atomic mass is 10.1. The maximum Gasteiger partial charge on any atom is 0.416 e. The minimum atomic E-state index is -4.36. The second-order valence-corrected chi connectivity index (χ2v) is 8.38. The van der Waals surface area contributed by atoms with Crippen molar-refractivity contribution in [1.82, 2.24) is 9.78 Å². The summed E-state index contributed by atoms with van der Waals surface area (Å²) in [6, 6.07) is 8.89. The molecule has 2 aromatic carbocycles. The van der Waals surface area contributed by atoms with Gasteiger partial charge in [0.05, 0.1) is 53.1 Å². The molecule has 0 atom stereocenters. The number of rotatable bonds is 7. The molecule has 188 valence electrons. The van der Waals surface area contributed by atoms with Gasteiger partial charge >= 0.3 is 6.18 Å². The third-order valence-electron chi connectivity index (χ3n) is 5.90. The van der Waals surface area contributed by atoms with Crippen molar-refractivity contribution >= 4 is 17.9 Å². The van der Waals surface area contributed by atoms with Gasteiger partial charge in [-0.3, -0.25) is 0 Å². The SMILES string of the molecule is COc1cc(-c2nn(C[NH+]3CCN(c4cccc(C(F)(F)F)c4)CC3)c(=S)o2)cc(OC)c1OC. The van der Waals surface area contributed by atoms with Crippen LogP contribution in [0.3, 0.4) is 0 Å². The number of ether oxygens (including phenoxy) is 3. The average Bonchev–Trinajstić information content (AvgIpc) is 3.23. The minimum absolute atomic E-state index is 0.224. The van der Waals surface area contributed by atoms with Gasteiger partial charge in [0.15, 0.2) is 18.2 Å². The number of benzene rings is 2. The number of alkyl halides is 3.